The summed E-state index contributed by atoms with van der Waals surface area (Å²) in [4.78, 5) is 39.7. The van der Waals surface area contributed by atoms with Gasteiger partial charge in [-0.1, -0.05) is 38.7 Å². The first-order valence-corrected chi connectivity index (χ1v) is 9.80. The minimum absolute atomic E-state index is 0.169. The molecule has 8 heteroatoms. The second-order valence-corrected chi connectivity index (χ2v) is 6.70. The van der Waals surface area contributed by atoms with Crippen LogP contribution in [0.4, 0.5) is 0 Å². The number of pyridine rings is 1. The first kappa shape index (κ1) is 23.4. The number of hydrogen-bond donors (Lipinski definition) is 3. The Kier molecular flexibility index (Phi) is 11.3. The standard InChI is InChI=1S/C20H32N4O4/c1-3-4-5-6-7-8-17(25)24-16(20(21)27)13-18(26)22-12-11-15-9-10-19(28-2)23-14-15/h9-10,14,16H,3-8,11-13H2,1-2H3,(H2,21,27)(H,22,26)(H,24,25)/t16-/m1/s1. The van der Waals surface area contributed by atoms with E-state index in [0.717, 1.165) is 37.7 Å². The molecule has 0 unspecified atom stereocenters. The van der Waals surface area contributed by atoms with Crippen molar-refractivity contribution in [2.24, 2.45) is 5.73 Å². The molecule has 1 heterocycles. The quantitative estimate of drug-likeness (QED) is 0.414. The van der Waals surface area contributed by atoms with Crippen molar-refractivity contribution in [3.8, 4) is 5.88 Å². The molecule has 1 aromatic rings. The fourth-order valence-electron chi connectivity index (χ4n) is 2.66. The van der Waals surface area contributed by atoms with Gasteiger partial charge in [-0.25, -0.2) is 4.98 Å². The summed E-state index contributed by atoms with van der Waals surface area (Å²) >= 11 is 0. The molecular formula is C20H32N4O4. The molecular weight excluding hydrogens is 360 g/mol. The third kappa shape index (κ3) is 9.89. The van der Waals surface area contributed by atoms with E-state index >= 15 is 0 Å². The predicted octanol–water partition coefficient (Wildman–Crippen LogP) is 1.47. The highest BCUT2D eigenvalue weighted by molar-refractivity contribution is 5.91. The number of ether oxygens (including phenoxy) is 1. The molecule has 0 aromatic carbocycles. The molecule has 0 bridgehead atoms. The number of nitrogens with one attached hydrogen (secondary N) is 2. The number of nitrogens with zero attached hydrogens (tertiary/aromatic N) is 1. The van der Waals surface area contributed by atoms with Crippen molar-refractivity contribution in [1.29, 1.82) is 0 Å². The number of primary amides is 1. The summed E-state index contributed by atoms with van der Waals surface area (Å²) in [6, 6.07) is 2.62. The third-order valence-corrected chi connectivity index (χ3v) is 4.32. The zero-order valence-electron chi connectivity index (χ0n) is 16.8. The Hall–Kier alpha value is -2.64. The van der Waals surface area contributed by atoms with Crippen LogP contribution in [0.1, 0.15) is 57.4 Å². The van der Waals surface area contributed by atoms with Gasteiger partial charge in [0.2, 0.25) is 23.6 Å². The van der Waals surface area contributed by atoms with Crippen LogP contribution >= 0.6 is 0 Å². The molecule has 8 nitrogen and oxygen atoms in total. The summed E-state index contributed by atoms with van der Waals surface area (Å²) in [5.41, 5.74) is 6.27. The number of nitrogens with two attached hydrogens (primary N) is 1. The van der Waals surface area contributed by atoms with Crippen LogP contribution in [0.3, 0.4) is 0 Å². The van der Waals surface area contributed by atoms with E-state index in [2.05, 4.69) is 22.5 Å². The Morgan fingerprint density at radius 3 is 2.50 bits per heavy atom. The molecule has 3 amide bonds. The predicted molar refractivity (Wildman–Crippen MR) is 107 cm³/mol. The highest BCUT2D eigenvalue weighted by Crippen LogP contribution is 2.07. The van der Waals surface area contributed by atoms with Gasteiger partial charge in [-0.3, -0.25) is 14.4 Å². The molecule has 0 aliphatic heterocycles. The first-order valence-electron chi connectivity index (χ1n) is 9.80. The number of carbonyl (C=O) groups excluding carboxylic acids is 3. The number of unbranched alkanes of at least 4 members (excludes halogenated alkanes) is 4. The van der Waals surface area contributed by atoms with Crippen LogP contribution in [-0.4, -0.2) is 42.4 Å². The van der Waals surface area contributed by atoms with Crippen LogP contribution in [0.2, 0.25) is 0 Å². The monoisotopic (exact) mass is 392 g/mol. The fourth-order valence-corrected chi connectivity index (χ4v) is 2.66. The molecule has 0 fully saturated rings. The lowest BCUT2D eigenvalue weighted by molar-refractivity contribution is -0.130. The number of amides is 3. The Bertz CT molecular complexity index is 619. The largest absolute Gasteiger partial charge is 0.481 e. The van der Waals surface area contributed by atoms with E-state index in [1.807, 2.05) is 6.07 Å². The van der Waals surface area contributed by atoms with Crippen LogP contribution in [0.15, 0.2) is 18.3 Å². The maximum atomic E-state index is 12.1. The van der Waals surface area contributed by atoms with Gasteiger partial charge in [0.25, 0.3) is 0 Å². The average Bonchev–Trinajstić information content (AvgIpc) is 2.67. The fraction of sp³-hybridized carbons (Fsp3) is 0.600. The molecule has 1 rings (SSSR count). The molecule has 156 valence electrons. The van der Waals surface area contributed by atoms with E-state index < -0.39 is 11.9 Å². The first-order chi connectivity index (χ1) is 13.5. The van der Waals surface area contributed by atoms with Crippen molar-refractivity contribution in [1.82, 2.24) is 15.6 Å². The Morgan fingerprint density at radius 1 is 1.14 bits per heavy atom. The molecule has 0 spiro atoms. The van der Waals surface area contributed by atoms with Gasteiger partial charge < -0.3 is 21.1 Å². The lowest BCUT2D eigenvalue weighted by Crippen LogP contribution is -2.47. The molecule has 0 aliphatic carbocycles. The molecule has 0 saturated carbocycles. The van der Waals surface area contributed by atoms with Crippen LogP contribution < -0.4 is 21.1 Å². The minimum Gasteiger partial charge on any atom is -0.481 e. The lowest BCUT2D eigenvalue weighted by Gasteiger charge is -2.15. The number of rotatable bonds is 14. The molecule has 0 aliphatic rings. The molecule has 0 saturated heterocycles. The van der Waals surface area contributed by atoms with Crippen LogP contribution in [-0.2, 0) is 20.8 Å². The Labute approximate surface area is 166 Å². The SMILES string of the molecule is CCCCCCCC(=O)N[C@H](CC(=O)NCCc1ccc(OC)nc1)C(N)=O. The van der Waals surface area contributed by atoms with E-state index in [-0.39, 0.29) is 18.2 Å². The molecule has 28 heavy (non-hydrogen) atoms. The number of methoxy groups -OCH3 is 1. The van der Waals surface area contributed by atoms with Crippen molar-refractivity contribution < 1.29 is 19.1 Å². The summed E-state index contributed by atoms with van der Waals surface area (Å²) in [6.45, 7) is 2.52. The molecule has 1 atom stereocenters. The second-order valence-electron chi connectivity index (χ2n) is 6.70. The van der Waals surface area contributed by atoms with Gasteiger partial charge in [-0.2, -0.15) is 0 Å². The summed E-state index contributed by atoms with van der Waals surface area (Å²) < 4.78 is 4.99. The molecule has 0 radical (unpaired) electrons. The van der Waals surface area contributed by atoms with Gasteiger partial charge in [0.05, 0.1) is 13.5 Å². The van der Waals surface area contributed by atoms with Gasteiger partial charge in [0.15, 0.2) is 0 Å². The van der Waals surface area contributed by atoms with Crippen LogP contribution in [0, 0.1) is 0 Å². The molecule has 1 aromatic heterocycles. The smallest absolute Gasteiger partial charge is 0.240 e. The molecule has 4 N–H and O–H groups in total. The van der Waals surface area contributed by atoms with E-state index in [1.165, 1.54) is 0 Å². The second kappa shape index (κ2) is 13.5. The van der Waals surface area contributed by atoms with Crippen molar-refractivity contribution in [3.05, 3.63) is 23.9 Å². The van der Waals surface area contributed by atoms with Crippen LogP contribution in [0.25, 0.3) is 0 Å². The average molecular weight is 393 g/mol. The van der Waals surface area contributed by atoms with Gasteiger partial charge in [-0.05, 0) is 18.4 Å². The van der Waals surface area contributed by atoms with Crippen molar-refractivity contribution in [2.75, 3.05) is 13.7 Å². The van der Waals surface area contributed by atoms with Gasteiger partial charge in [-0.15, -0.1) is 0 Å². The number of hydrogen-bond acceptors (Lipinski definition) is 5. The highest BCUT2D eigenvalue weighted by atomic mass is 16.5. The van der Waals surface area contributed by atoms with E-state index in [4.69, 9.17) is 10.5 Å². The van der Waals surface area contributed by atoms with Crippen molar-refractivity contribution >= 4 is 17.7 Å². The third-order valence-electron chi connectivity index (χ3n) is 4.32. The minimum atomic E-state index is -0.995. The van der Waals surface area contributed by atoms with E-state index in [1.54, 1.807) is 19.4 Å². The van der Waals surface area contributed by atoms with Gasteiger partial charge in [0, 0.05) is 25.2 Å². The lowest BCUT2D eigenvalue weighted by atomic mass is 10.1. The maximum absolute atomic E-state index is 12.1. The number of aromatic nitrogens is 1. The zero-order valence-corrected chi connectivity index (χ0v) is 16.8. The summed E-state index contributed by atoms with van der Waals surface area (Å²) in [6.07, 6.45) is 7.56. The Morgan fingerprint density at radius 2 is 1.89 bits per heavy atom. The van der Waals surface area contributed by atoms with Crippen molar-refractivity contribution in [2.45, 2.75) is 64.3 Å². The normalized spacial score (nSPS) is 11.5. The Balaban J connectivity index is 2.32. The van der Waals surface area contributed by atoms with E-state index in [9.17, 15) is 14.4 Å². The van der Waals surface area contributed by atoms with Crippen LogP contribution in [0.5, 0.6) is 5.88 Å². The van der Waals surface area contributed by atoms with Gasteiger partial charge in [0.1, 0.15) is 6.04 Å². The zero-order chi connectivity index (χ0) is 20.8. The summed E-state index contributed by atoms with van der Waals surface area (Å²) in [7, 11) is 1.54. The summed E-state index contributed by atoms with van der Waals surface area (Å²) in [5, 5.41) is 5.29. The summed E-state index contributed by atoms with van der Waals surface area (Å²) in [5.74, 6) is -0.780. The maximum Gasteiger partial charge on any atom is 0.240 e. The van der Waals surface area contributed by atoms with E-state index in [0.29, 0.717) is 25.3 Å². The topological polar surface area (TPSA) is 123 Å². The van der Waals surface area contributed by atoms with Crippen molar-refractivity contribution in [3.63, 3.8) is 0 Å². The highest BCUT2D eigenvalue weighted by Gasteiger charge is 2.21. The van der Waals surface area contributed by atoms with Gasteiger partial charge >= 0.3 is 0 Å². The number of carbonyl (C=O) groups is 3.